The lowest BCUT2D eigenvalue weighted by Crippen LogP contribution is -2.30. The van der Waals surface area contributed by atoms with Gasteiger partial charge in [0.15, 0.2) is 12.2 Å². The first-order chi connectivity index (χ1) is 44.8. The fourth-order valence-corrected chi connectivity index (χ4v) is 12.2. The Balaban J connectivity index is 5.30. The lowest BCUT2D eigenvalue weighted by Gasteiger charge is -2.21. The fourth-order valence-electron chi connectivity index (χ4n) is 10.6. The SMILES string of the molecule is CCCCCC/C=C\C=C/CCCCCCCC(=O)OC[C@H](COP(=O)(O)OC[C@@H](O)COP(=O)(O)OC[C@@H](COC(=O)CCCCCCCCC(C)CC)OC(=O)CCCCCCCCCCCCCC(C)C)OC(=O)CCCCCCCCCCCCC(C)CC. The molecule has 548 valence electrons. The van der Waals surface area contributed by atoms with E-state index in [4.69, 9.17) is 37.0 Å². The molecule has 0 aliphatic carbocycles. The van der Waals surface area contributed by atoms with Crippen LogP contribution < -0.4 is 0 Å². The number of carbonyl (C=O) groups excluding carboxylic acids is 4. The van der Waals surface area contributed by atoms with Crippen LogP contribution >= 0.6 is 15.6 Å². The van der Waals surface area contributed by atoms with Crippen LogP contribution in [0.25, 0.3) is 0 Å². The van der Waals surface area contributed by atoms with Crippen LogP contribution in [0, 0.1) is 17.8 Å². The first-order valence-corrected chi connectivity index (χ1v) is 40.7. The molecule has 0 saturated carbocycles. The summed E-state index contributed by atoms with van der Waals surface area (Å²) in [5.74, 6) is 0.141. The minimum Gasteiger partial charge on any atom is -0.462 e. The first kappa shape index (κ1) is 90.5. The zero-order valence-electron chi connectivity index (χ0n) is 60.2. The molecule has 4 unspecified atom stereocenters. The van der Waals surface area contributed by atoms with E-state index in [1.54, 1.807) is 0 Å². The second-order valence-corrected chi connectivity index (χ2v) is 29.9. The quantitative estimate of drug-likeness (QED) is 0.0169. The van der Waals surface area contributed by atoms with E-state index in [-0.39, 0.29) is 25.7 Å². The van der Waals surface area contributed by atoms with Crippen LogP contribution in [0.3, 0.4) is 0 Å². The molecule has 0 amide bonds. The van der Waals surface area contributed by atoms with Gasteiger partial charge in [0.2, 0.25) is 0 Å². The summed E-state index contributed by atoms with van der Waals surface area (Å²) in [5.41, 5.74) is 0. The molecule has 7 atom stereocenters. The van der Waals surface area contributed by atoms with Gasteiger partial charge >= 0.3 is 39.5 Å². The summed E-state index contributed by atoms with van der Waals surface area (Å²) in [6, 6.07) is 0. The molecule has 0 saturated heterocycles. The van der Waals surface area contributed by atoms with Crippen LogP contribution in [0.5, 0.6) is 0 Å². The number of ether oxygens (including phenoxy) is 4. The number of aliphatic hydroxyl groups excluding tert-OH is 1. The van der Waals surface area contributed by atoms with Crippen LogP contribution in [0.1, 0.15) is 350 Å². The third-order valence-electron chi connectivity index (χ3n) is 17.2. The van der Waals surface area contributed by atoms with Gasteiger partial charge in [-0.05, 0) is 69.1 Å². The largest absolute Gasteiger partial charge is 0.472 e. The van der Waals surface area contributed by atoms with Crippen LogP contribution in [-0.2, 0) is 65.4 Å². The van der Waals surface area contributed by atoms with Gasteiger partial charge in [-0.2, -0.15) is 0 Å². The van der Waals surface area contributed by atoms with E-state index in [1.807, 2.05) is 0 Å². The molecule has 0 radical (unpaired) electrons. The molecule has 0 spiro atoms. The van der Waals surface area contributed by atoms with Crippen LogP contribution in [-0.4, -0.2) is 96.7 Å². The summed E-state index contributed by atoms with van der Waals surface area (Å²) in [6.07, 6.45) is 52.0. The third kappa shape index (κ3) is 65.3. The Kier molecular flexibility index (Phi) is 62.5. The van der Waals surface area contributed by atoms with E-state index < -0.39 is 97.5 Å². The van der Waals surface area contributed by atoms with Crippen molar-refractivity contribution in [3.8, 4) is 0 Å². The highest BCUT2D eigenvalue weighted by atomic mass is 31.2. The van der Waals surface area contributed by atoms with Crippen LogP contribution in [0.4, 0.5) is 0 Å². The predicted molar refractivity (Wildman–Crippen MR) is 377 cm³/mol. The lowest BCUT2D eigenvalue weighted by atomic mass is 9.99. The molecule has 0 aromatic carbocycles. The van der Waals surface area contributed by atoms with Gasteiger partial charge in [-0.1, -0.05) is 297 Å². The highest BCUT2D eigenvalue weighted by Crippen LogP contribution is 2.45. The lowest BCUT2D eigenvalue weighted by molar-refractivity contribution is -0.161. The van der Waals surface area contributed by atoms with Gasteiger partial charge in [0, 0.05) is 25.7 Å². The first-order valence-electron chi connectivity index (χ1n) is 37.7. The van der Waals surface area contributed by atoms with Gasteiger partial charge < -0.3 is 33.8 Å². The zero-order valence-corrected chi connectivity index (χ0v) is 62.0. The van der Waals surface area contributed by atoms with Crippen molar-refractivity contribution in [2.24, 2.45) is 17.8 Å². The molecule has 17 nitrogen and oxygen atoms in total. The van der Waals surface area contributed by atoms with Gasteiger partial charge in [0.1, 0.15) is 19.3 Å². The highest BCUT2D eigenvalue weighted by Gasteiger charge is 2.30. The number of aliphatic hydroxyl groups is 1. The maximum absolute atomic E-state index is 13.1. The average molecular weight is 1360 g/mol. The number of phosphoric ester groups is 2. The summed E-state index contributed by atoms with van der Waals surface area (Å²) in [7, 11) is -9.92. The summed E-state index contributed by atoms with van der Waals surface area (Å²) >= 11 is 0. The van der Waals surface area contributed by atoms with Gasteiger partial charge in [-0.15, -0.1) is 0 Å². The van der Waals surface area contributed by atoms with Crippen molar-refractivity contribution >= 4 is 39.5 Å². The molecule has 0 fully saturated rings. The molecule has 0 aliphatic heterocycles. The van der Waals surface area contributed by atoms with Crippen molar-refractivity contribution in [1.82, 2.24) is 0 Å². The molecule has 19 heteroatoms. The van der Waals surface area contributed by atoms with Gasteiger partial charge in [-0.25, -0.2) is 9.13 Å². The van der Waals surface area contributed by atoms with Crippen LogP contribution in [0.15, 0.2) is 24.3 Å². The standard InChI is InChI=1S/C74H140O17P2/c1-8-11-12-13-14-15-16-17-18-19-22-28-33-41-48-55-71(76)84-61-69(90-74(79)58-51-44-35-30-25-24-27-32-39-46-53-66(6)9-2)63-88-92(80,81)86-59-68(75)60-87-93(82,83)89-64-70(62-85-72(77)56-49-42-37-36-40-47-54-67(7)10-3)91-73(78)57-50-43-34-29-23-20-21-26-31-38-45-52-65(4)5/h15-18,65-70,75H,8-14,19-64H2,1-7H3,(H,80,81)(H,82,83)/b16-15-,18-17-/t66?,67?,68-,69-,70-/m1/s1. The number of esters is 4. The number of allylic oxidation sites excluding steroid dienone is 4. The topological polar surface area (TPSA) is 237 Å². The van der Waals surface area contributed by atoms with E-state index in [9.17, 15) is 43.2 Å². The minimum atomic E-state index is -4.96. The smallest absolute Gasteiger partial charge is 0.462 e. The monoisotopic (exact) mass is 1360 g/mol. The molecule has 3 N–H and O–H groups in total. The summed E-state index contributed by atoms with van der Waals surface area (Å²) < 4.78 is 68.4. The molecule has 0 heterocycles. The second-order valence-electron chi connectivity index (χ2n) is 27.0. The maximum Gasteiger partial charge on any atom is 0.472 e. The van der Waals surface area contributed by atoms with E-state index in [2.05, 4.69) is 72.8 Å². The third-order valence-corrected chi connectivity index (χ3v) is 19.1. The van der Waals surface area contributed by atoms with E-state index in [0.717, 1.165) is 133 Å². The number of unbranched alkanes of at least 4 members (excludes halogenated alkanes) is 33. The van der Waals surface area contributed by atoms with Crippen molar-refractivity contribution in [2.75, 3.05) is 39.6 Å². The number of carbonyl (C=O) groups is 4. The normalized spacial score (nSPS) is 14.9. The molecule has 0 bridgehead atoms. The Morgan fingerprint density at radius 2 is 0.634 bits per heavy atom. The van der Waals surface area contributed by atoms with Crippen molar-refractivity contribution in [1.29, 1.82) is 0 Å². The van der Waals surface area contributed by atoms with Gasteiger partial charge in [-0.3, -0.25) is 37.3 Å². The Morgan fingerprint density at radius 1 is 0.355 bits per heavy atom. The summed E-state index contributed by atoms with van der Waals surface area (Å²) in [5, 5.41) is 10.6. The summed E-state index contributed by atoms with van der Waals surface area (Å²) in [6.45, 7) is 11.8. The average Bonchev–Trinajstić information content (AvgIpc) is 3.71. The molecule has 0 rings (SSSR count). The van der Waals surface area contributed by atoms with Crippen molar-refractivity contribution in [3.63, 3.8) is 0 Å². The Hall–Kier alpha value is -2.46. The fraction of sp³-hybridized carbons (Fsp3) is 0.892. The highest BCUT2D eigenvalue weighted by molar-refractivity contribution is 7.47. The van der Waals surface area contributed by atoms with Crippen molar-refractivity contribution in [3.05, 3.63) is 24.3 Å². The molecule has 0 aliphatic rings. The van der Waals surface area contributed by atoms with Crippen molar-refractivity contribution < 1.29 is 80.2 Å². The van der Waals surface area contributed by atoms with Gasteiger partial charge in [0.05, 0.1) is 26.4 Å². The second kappa shape index (κ2) is 64.2. The van der Waals surface area contributed by atoms with Crippen LogP contribution in [0.2, 0.25) is 0 Å². The Bertz CT molecular complexity index is 1920. The number of phosphoric acid groups is 2. The Labute approximate surface area is 567 Å². The zero-order chi connectivity index (χ0) is 68.7. The molecule has 93 heavy (non-hydrogen) atoms. The number of hydrogen-bond acceptors (Lipinski definition) is 15. The predicted octanol–water partition coefficient (Wildman–Crippen LogP) is 21.0. The summed E-state index contributed by atoms with van der Waals surface area (Å²) in [4.78, 5) is 72.7. The minimum absolute atomic E-state index is 0.0989. The number of rotatable bonds is 70. The Morgan fingerprint density at radius 3 is 0.957 bits per heavy atom. The molecular formula is C74H140O17P2. The molecule has 0 aromatic rings. The number of hydrogen-bond donors (Lipinski definition) is 3. The van der Waals surface area contributed by atoms with Gasteiger partial charge in [0.25, 0.3) is 0 Å². The maximum atomic E-state index is 13.1. The van der Waals surface area contributed by atoms with E-state index in [1.165, 1.54) is 135 Å². The molecular weight excluding hydrogens is 1220 g/mol. The van der Waals surface area contributed by atoms with Crippen molar-refractivity contribution in [2.45, 2.75) is 369 Å². The molecule has 0 aromatic heterocycles. The van der Waals surface area contributed by atoms with E-state index in [0.29, 0.717) is 25.7 Å². The van der Waals surface area contributed by atoms with E-state index >= 15 is 0 Å².